The first-order chi connectivity index (χ1) is 9.26. The van der Waals surface area contributed by atoms with Gasteiger partial charge in [0.05, 0.1) is 11.8 Å². The second kappa shape index (κ2) is 5.35. The van der Waals surface area contributed by atoms with Crippen LogP contribution >= 0.6 is 11.8 Å². The molecule has 2 rings (SSSR count). The molecule has 0 bridgehead atoms. The van der Waals surface area contributed by atoms with Crippen molar-refractivity contribution in [3.63, 3.8) is 0 Å². The average Bonchev–Trinajstić information content (AvgIpc) is 3.09. The Kier molecular flexibility index (Phi) is 3.94. The number of hydrogen-bond acceptors (Lipinski definition) is 3. The molecule has 8 heteroatoms. The van der Waals surface area contributed by atoms with Gasteiger partial charge in [0.2, 0.25) is 5.91 Å². The standard InChI is InChI=1S/C12H10F3NO3S/c13-12(14,15)20-7-3-1-6(2-4-7)16-10(17)8-5-9(8)11(18)19/h1-4,8-9H,5H2,(H,16,17)(H,18,19)/t8-,9+/m1/s1. The van der Waals surface area contributed by atoms with Crippen LogP contribution in [0.2, 0.25) is 0 Å². The Balaban J connectivity index is 1.91. The first-order valence-corrected chi connectivity index (χ1v) is 6.47. The molecule has 1 saturated carbocycles. The Morgan fingerprint density at radius 2 is 1.80 bits per heavy atom. The van der Waals surface area contributed by atoms with E-state index < -0.39 is 29.2 Å². The summed E-state index contributed by atoms with van der Waals surface area (Å²) in [7, 11) is 0. The van der Waals surface area contributed by atoms with Gasteiger partial charge in [-0.25, -0.2) is 0 Å². The fraction of sp³-hybridized carbons (Fsp3) is 0.333. The van der Waals surface area contributed by atoms with Crippen molar-refractivity contribution in [3.8, 4) is 0 Å². The average molecular weight is 305 g/mol. The van der Waals surface area contributed by atoms with Crippen LogP contribution in [0.25, 0.3) is 0 Å². The smallest absolute Gasteiger partial charge is 0.446 e. The minimum absolute atomic E-state index is 0.0188. The molecule has 1 aliphatic carbocycles. The van der Waals surface area contributed by atoms with E-state index in [1.165, 1.54) is 24.3 Å². The van der Waals surface area contributed by atoms with E-state index in [9.17, 15) is 22.8 Å². The third kappa shape index (κ3) is 3.89. The number of carbonyl (C=O) groups excluding carboxylic acids is 1. The second-order valence-electron chi connectivity index (χ2n) is 4.35. The SMILES string of the molecule is O=C(O)[C@H]1C[C@H]1C(=O)Nc1ccc(SC(F)(F)F)cc1. The Morgan fingerprint density at radius 3 is 2.25 bits per heavy atom. The zero-order valence-electron chi connectivity index (χ0n) is 9.98. The number of aliphatic carboxylic acids is 1. The molecular formula is C12H10F3NO3S. The van der Waals surface area contributed by atoms with Gasteiger partial charge in [-0.2, -0.15) is 13.2 Å². The molecule has 108 valence electrons. The lowest BCUT2D eigenvalue weighted by molar-refractivity contribution is -0.139. The summed E-state index contributed by atoms with van der Waals surface area (Å²) in [6.07, 6.45) is 0.295. The van der Waals surface area contributed by atoms with E-state index >= 15 is 0 Å². The van der Waals surface area contributed by atoms with Gasteiger partial charge in [-0.3, -0.25) is 9.59 Å². The predicted molar refractivity (Wildman–Crippen MR) is 66.2 cm³/mol. The first-order valence-electron chi connectivity index (χ1n) is 5.66. The first kappa shape index (κ1) is 14.7. The van der Waals surface area contributed by atoms with Crippen molar-refractivity contribution in [1.29, 1.82) is 0 Å². The van der Waals surface area contributed by atoms with Crippen LogP contribution < -0.4 is 5.32 Å². The van der Waals surface area contributed by atoms with Crippen molar-refractivity contribution in [3.05, 3.63) is 24.3 Å². The molecule has 1 amide bonds. The number of carboxylic acid groups (broad SMARTS) is 1. The number of hydrogen-bond donors (Lipinski definition) is 2. The number of halogens is 3. The Labute approximate surface area is 116 Å². The van der Waals surface area contributed by atoms with Crippen LogP contribution in [-0.2, 0) is 9.59 Å². The molecule has 0 heterocycles. The van der Waals surface area contributed by atoms with Crippen LogP contribution in [0, 0.1) is 11.8 Å². The van der Waals surface area contributed by atoms with Gasteiger partial charge >= 0.3 is 11.5 Å². The van der Waals surface area contributed by atoms with Crippen LogP contribution in [0.1, 0.15) is 6.42 Å². The van der Waals surface area contributed by atoms with Gasteiger partial charge in [-0.1, -0.05) is 0 Å². The normalized spacial score (nSPS) is 21.4. The molecule has 0 aliphatic heterocycles. The number of carboxylic acids is 1. The number of anilines is 1. The van der Waals surface area contributed by atoms with Crippen LogP contribution in [0.15, 0.2) is 29.2 Å². The summed E-state index contributed by atoms with van der Waals surface area (Å²) < 4.78 is 36.4. The Bertz CT molecular complexity index is 530. The zero-order valence-corrected chi connectivity index (χ0v) is 10.8. The largest absolute Gasteiger partial charge is 0.481 e. The molecule has 1 aliphatic rings. The van der Waals surface area contributed by atoms with Gasteiger partial charge in [0.25, 0.3) is 0 Å². The van der Waals surface area contributed by atoms with Crippen LogP contribution in [-0.4, -0.2) is 22.5 Å². The number of nitrogens with one attached hydrogen (secondary N) is 1. The maximum Gasteiger partial charge on any atom is 0.446 e. The van der Waals surface area contributed by atoms with E-state index in [0.717, 1.165) is 0 Å². The molecule has 0 saturated heterocycles. The lowest BCUT2D eigenvalue weighted by Crippen LogP contribution is -2.16. The molecule has 2 N–H and O–H groups in total. The molecule has 20 heavy (non-hydrogen) atoms. The van der Waals surface area contributed by atoms with Crippen molar-refractivity contribution in [2.75, 3.05) is 5.32 Å². The molecule has 0 spiro atoms. The molecule has 0 radical (unpaired) electrons. The van der Waals surface area contributed by atoms with E-state index in [2.05, 4.69) is 5.32 Å². The third-order valence-corrected chi connectivity index (χ3v) is 3.54. The summed E-state index contributed by atoms with van der Waals surface area (Å²) in [4.78, 5) is 22.3. The zero-order chi connectivity index (χ0) is 14.9. The minimum atomic E-state index is -4.35. The number of carbonyl (C=O) groups is 2. The fourth-order valence-corrected chi connectivity index (χ4v) is 2.27. The molecule has 1 aromatic rings. The summed E-state index contributed by atoms with van der Waals surface area (Å²) in [6.45, 7) is 0. The topological polar surface area (TPSA) is 66.4 Å². The van der Waals surface area contributed by atoms with Gasteiger partial charge in [0.15, 0.2) is 0 Å². The van der Waals surface area contributed by atoms with Crippen LogP contribution in [0.4, 0.5) is 18.9 Å². The third-order valence-electron chi connectivity index (χ3n) is 2.80. The van der Waals surface area contributed by atoms with E-state index in [1.54, 1.807) is 0 Å². The molecular weight excluding hydrogens is 295 g/mol. The van der Waals surface area contributed by atoms with Crippen molar-refractivity contribution < 1.29 is 27.9 Å². The predicted octanol–water partition coefficient (Wildman–Crippen LogP) is 2.96. The van der Waals surface area contributed by atoms with Crippen molar-refractivity contribution in [1.82, 2.24) is 0 Å². The molecule has 0 aromatic heterocycles. The summed E-state index contributed by atoms with van der Waals surface area (Å²) >= 11 is -0.239. The summed E-state index contributed by atoms with van der Waals surface area (Å²) in [5.74, 6) is -2.65. The van der Waals surface area contributed by atoms with Crippen molar-refractivity contribution in [2.24, 2.45) is 11.8 Å². The summed E-state index contributed by atoms with van der Waals surface area (Å²) in [6, 6.07) is 5.19. The molecule has 2 atom stereocenters. The second-order valence-corrected chi connectivity index (χ2v) is 5.49. The number of alkyl halides is 3. The highest BCUT2D eigenvalue weighted by Gasteiger charge is 2.48. The number of rotatable bonds is 4. The van der Waals surface area contributed by atoms with Gasteiger partial charge in [-0.05, 0) is 42.4 Å². The maximum absolute atomic E-state index is 12.1. The summed E-state index contributed by atoms with van der Waals surface area (Å²) in [5.41, 5.74) is -4.01. The lowest BCUT2D eigenvalue weighted by atomic mass is 10.2. The highest BCUT2D eigenvalue weighted by Crippen LogP contribution is 2.40. The number of thioether (sulfide) groups is 1. The van der Waals surface area contributed by atoms with Gasteiger partial charge in [0, 0.05) is 10.6 Å². The van der Waals surface area contributed by atoms with E-state index in [-0.39, 0.29) is 16.7 Å². The number of amides is 1. The minimum Gasteiger partial charge on any atom is -0.481 e. The van der Waals surface area contributed by atoms with Gasteiger partial charge in [-0.15, -0.1) is 0 Å². The van der Waals surface area contributed by atoms with Crippen LogP contribution in [0.3, 0.4) is 0 Å². The summed E-state index contributed by atoms with van der Waals surface area (Å²) in [5, 5.41) is 11.2. The van der Waals surface area contributed by atoms with E-state index in [4.69, 9.17) is 5.11 Å². The van der Waals surface area contributed by atoms with E-state index in [0.29, 0.717) is 12.1 Å². The van der Waals surface area contributed by atoms with Crippen molar-refractivity contribution >= 4 is 29.3 Å². The Morgan fingerprint density at radius 1 is 1.20 bits per heavy atom. The highest BCUT2D eigenvalue weighted by atomic mass is 32.2. The molecule has 0 unspecified atom stereocenters. The van der Waals surface area contributed by atoms with E-state index in [1.807, 2.05) is 0 Å². The lowest BCUT2D eigenvalue weighted by Gasteiger charge is -2.07. The Hall–Kier alpha value is -1.70. The molecule has 1 fully saturated rings. The maximum atomic E-state index is 12.1. The van der Waals surface area contributed by atoms with Gasteiger partial charge in [0.1, 0.15) is 0 Å². The van der Waals surface area contributed by atoms with Crippen molar-refractivity contribution in [2.45, 2.75) is 16.8 Å². The number of benzene rings is 1. The van der Waals surface area contributed by atoms with Crippen LogP contribution in [0.5, 0.6) is 0 Å². The molecule has 1 aromatic carbocycles. The quantitative estimate of drug-likeness (QED) is 0.839. The monoisotopic (exact) mass is 305 g/mol. The molecule has 4 nitrogen and oxygen atoms in total. The van der Waals surface area contributed by atoms with Gasteiger partial charge < -0.3 is 10.4 Å². The highest BCUT2D eigenvalue weighted by molar-refractivity contribution is 8.00. The fourth-order valence-electron chi connectivity index (χ4n) is 1.73.